The van der Waals surface area contributed by atoms with Crippen LogP contribution in [0.3, 0.4) is 0 Å². The molecule has 0 aliphatic rings. The molecule has 0 aliphatic carbocycles. The number of nitrogens with one attached hydrogen (secondary N) is 1. The van der Waals surface area contributed by atoms with Gasteiger partial charge >= 0.3 is 5.97 Å². The lowest BCUT2D eigenvalue weighted by Crippen LogP contribution is -2.07. The van der Waals surface area contributed by atoms with E-state index in [0.717, 1.165) is 11.6 Å². The normalized spacial score (nSPS) is 9.93. The van der Waals surface area contributed by atoms with Crippen molar-refractivity contribution >= 4 is 27.4 Å². The average molecular weight is 229 g/mol. The van der Waals surface area contributed by atoms with Gasteiger partial charge in [-0.2, -0.15) is 0 Å². The van der Waals surface area contributed by atoms with Crippen LogP contribution < -0.4 is 11.1 Å². The van der Waals surface area contributed by atoms with Gasteiger partial charge in [0.25, 0.3) is 0 Å². The van der Waals surface area contributed by atoms with Crippen LogP contribution in [0.4, 0.5) is 10.1 Å². The Morgan fingerprint density at radius 2 is 2.53 bits per heavy atom. The van der Waals surface area contributed by atoms with Crippen LogP contribution in [-0.4, -0.2) is 24.1 Å². The van der Waals surface area contributed by atoms with Gasteiger partial charge in [-0.25, -0.2) is 4.98 Å². The van der Waals surface area contributed by atoms with E-state index in [1.165, 1.54) is 11.3 Å². The average Bonchev–Trinajstić information content (AvgIpc) is 2.60. The van der Waals surface area contributed by atoms with E-state index in [-0.39, 0.29) is 5.97 Å². The number of nitrogens with two attached hydrogens (primary N) is 1. The van der Waals surface area contributed by atoms with Crippen LogP contribution in [-0.2, 0) is 9.53 Å². The van der Waals surface area contributed by atoms with Crippen molar-refractivity contribution in [3.8, 4) is 0 Å². The molecule has 1 rings (SSSR count). The van der Waals surface area contributed by atoms with Crippen LogP contribution >= 0.6 is 11.3 Å². The number of ether oxygens (including phenoxy) is 1. The van der Waals surface area contributed by atoms with Gasteiger partial charge in [-0.15, -0.1) is 0 Å². The van der Waals surface area contributed by atoms with Crippen LogP contribution in [0.15, 0.2) is 6.20 Å². The summed E-state index contributed by atoms with van der Waals surface area (Å²) >= 11 is 1.40. The molecular formula is C9H15N3O2S. The van der Waals surface area contributed by atoms with Gasteiger partial charge in [-0.05, 0) is 13.3 Å². The molecule has 3 N–H and O–H groups in total. The third kappa shape index (κ3) is 4.64. The molecule has 15 heavy (non-hydrogen) atoms. The zero-order valence-electron chi connectivity index (χ0n) is 8.66. The van der Waals surface area contributed by atoms with Crippen molar-refractivity contribution in [2.45, 2.75) is 19.8 Å². The maximum Gasteiger partial charge on any atom is 0.305 e. The standard InChI is InChI=1S/C9H15N3O2S/c1-2-14-8(13)4-3-5-11-9-12-6-7(10)15-9/h6H,2-5,10H2,1H3,(H,11,12). The first-order valence-electron chi connectivity index (χ1n) is 4.83. The molecule has 0 saturated carbocycles. The number of esters is 1. The number of nitrogens with zero attached hydrogens (tertiary/aromatic N) is 1. The third-order valence-electron chi connectivity index (χ3n) is 1.66. The molecule has 84 valence electrons. The van der Waals surface area contributed by atoms with Gasteiger partial charge in [0.1, 0.15) is 5.00 Å². The Morgan fingerprint density at radius 3 is 3.13 bits per heavy atom. The Morgan fingerprint density at radius 1 is 1.73 bits per heavy atom. The first kappa shape index (κ1) is 11.8. The van der Waals surface area contributed by atoms with Crippen molar-refractivity contribution < 1.29 is 9.53 Å². The molecule has 0 saturated heterocycles. The van der Waals surface area contributed by atoms with Crippen molar-refractivity contribution in [3.63, 3.8) is 0 Å². The number of hydrogen-bond donors (Lipinski definition) is 2. The smallest absolute Gasteiger partial charge is 0.305 e. The summed E-state index contributed by atoms with van der Waals surface area (Å²) in [4.78, 5) is 15.0. The zero-order valence-corrected chi connectivity index (χ0v) is 9.47. The maximum absolute atomic E-state index is 11.0. The summed E-state index contributed by atoms with van der Waals surface area (Å²) in [5.74, 6) is -0.155. The fraction of sp³-hybridized carbons (Fsp3) is 0.556. The molecule has 1 aromatic rings. The predicted octanol–water partition coefficient (Wildman–Crippen LogP) is 1.48. The molecule has 0 atom stereocenters. The van der Waals surface area contributed by atoms with E-state index in [1.807, 2.05) is 0 Å². The predicted molar refractivity (Wildman–Crippen MR) is 60.9 cm³/mol. The van der Waals surface area contributed by atoms with Crippen LogP contribution in [0.1, 0.15) is 19.8 Å². The summed E-state index contributed by atoms with van der Waals surface area (Å²) in [5, 5.41) is 4.55. The second kappa shape index (κ2) is 6.23. The number of carbonyl (C=O) groups is 1. The fourth-order valence-electron chi connectivity index (χ4n) is 1.03. The Kier molecular flexibility index (Phi) is 4.89. The van der Waals surface area contributed by atoms with Crippen molar-refractivity contribution in [1.29, 1.82) is 0 Å². The lowest BCUT2D eigenvalue weighted by atomic mass is 10.3. The summed E-state index contributed by atoms with van der Waals surface area (Å²) < 4.78 is 4.80. The molecule has 0 amide bonds. The molecule has 0 radical (unpaired) electrons. The Hall–Kier alpha value is -1.30. The Labute approximate surface area is 92.6 Å². The zero-order chi connectivity index (χ0) is 11.1. The van der Waals surface area contributed by atoms with E-state index < -0.39 is 0 Å². The Bertz CT molecular complexity index is 314. The highest BCUT2D eigenvalue weighted by atomic mass is 32.1. The molecule has 5 nitrogen and oxygen atoms in total. The summed E-state index contributed by atoms with van der Waals surface area (Å²) in [6.07, 6.45) is 2.78. The number of carbonyl (C=O) groups excluding carboxylic acids is 1. The summed E-state index contributed by atoms with van der Waals surface area (Å²) in [7, 11) is 0. The van der Waals surface area contributed by atoms with Crippen molar-refractivity contribution in [2.75, 3.05) is 24.2 Å². The van der Waals surface area contributed by atoms with Gasteiger partial charge in [0, 0.05) is 13.0 Å². The quantitative estimate of drug-likeness (QED) is 0.570. The van der Waals surface area contributed by atoms with E-state index in [0.29, 0.717) is 24.6 Å². The van der Waals surface area contributed by atoms with Gasteiger partial charge in [-0.1, -0.05) is 11.3 Å². The highest BCUT2D eigenvalue weighted by molar-refractivity contribution is 7.19. The topological polar surface area (TPSA) is 77.2 Å². The maximum atomic E-state index is 11.0. The van der Waals surface area contributed by atoms with Crippen LogP contribution in [0.25, 0.3) is 0 Å². The van der Waals surface area contributed by atoms with Gasteiger partial charge in [0.15, 0.2) is 5.13 Å². The molecule has 0 unspecified atom stereocenters. The largest absolute Gasteiger partial charge is 0.466 e. The lowest BCUT2D eigenvalue weighted by molar-refractivity contribution is -0.143. The van der Waals surface area contributed by atoms with E-state index in [4.69, 9.17) is 10.5 Å². The second-order valence-corrected chi connectivity index (χ2v) is 3.97. The highest BCUT2D eigenvalue weighted by Gasteiger charge is 2.01. The van der Waals surface area contributed by atoms with Crippen molar-refractivity contribution in [2.24, 2.45) is 0 Å². The number of rotatable bonds is 6. The molecule has 0 aromatic carbocycles. The van der Waals surface area contributed by atoms with E-state index in [1.54, 1.807) is 13.1 Å². The SMILES string of the molecule is CCOC(=O)CCCNc1ncc(N)s1. The van der Waals surface area contributed by atoms with Gasteiger partial charge < -0.3 is 15.8 Å². The van der Waals surface area contributed by atoms with Gasteiger partial charge in [0.2, 0.25) is 0 Å². The van der Waals surface area contributed by atoms with Crippen LogP contribution in [0.5, 0.6) is 0 Å². The molecule has 0 spiro atoms. The summed E-state index contributed by atoms with van der Waals surface area (Å²) in [6, 6.07) is 0. The molecule has 0 aliphatic heterocycles. The minimum atomic E-state index is -0.155. The minimum absolute atomic E-state index is 0.155. The molecule has 1 heterocycles. The number of hydrogen-bond acceptors (Lipinski definition) is 6. The third-order valence-corrected chi connectivity index (χ3v) is 2.45. The van der Waals surface area contributed by atoms with Crippen LogP contribution in [0, 0.1) is 0 Å². The molecular weight excluding hydrogens is 214 g/mol. The lowest BCUT2D eigenvalue weighted by Gasteiger charge is -2.02. The number of thiazole rings is 1. The van der Waals surface area contributed by atoms with E-state index >= 15 is 0 Å². The second-order valence-electron chi connectivity index (χ2n) is 2.90. The number of nitrogen functional groups attached to an aromatic ring is 1. The first-order valence-corrected chi connectivity index (χ1v) is 5.65. The first-order chi connectivity index (χ1) is 7.22. The molecule has 0 bridgehead atoms. The number of aromatic nitrogens is 1. The van der Waals surface area contributed by atoms with E-state index in [9.17, 15) is 4.79 Å². The fourth-order valence-corrected chi connectivity index (χ4v) is 1.64. The van der Waals surface area contributed by atoms with Gasteiger partial charge in [-0.3, -0.25) is 4.79 Å². The summed E-state index contributed by atoms with van der Waals surface area (Å²) in [6.45, 7) is 2.94. The Balaban J connectivity index is 2.09. The monoisotopic (exact) mass is 229 g/mol. The minimum Gasteiger partial charge on any atom is -0.466 e. The highest BCUT2D eigenvalue weighted by Crippen LogP contribution is 2.19. The molecule has 1 aromatic heterocycles. The van der Waals surface area contributed by atoms with E-state index in [2.05, 4.69) is 10.3 Å². The van der Waals surface area contributed by atoms with Gasteiger partial charge in [0.05, 0.1) is 12.8 Å². The molecule has 0 fully saturated rings. The van der Waals surface area contributed by atoms with Crippen LogP contribution in [0.2, 0.25) is 0 Å². The summed E-state index contributed by atoms with van der Waals surface area (Å²) in [5.41, 5.74) is 5.51. The van der Waals surface area contributed by atoms with Crippen molar-refractivity contribution in [1.82, 2.24) is 4.98 Å². The van der Waals surface area contributed by atoms with Crippen molar-refractivity contribution in [3.05, 3.63) is 6.20 Å². The molecule has 6 heteroatoms. The number of anilines is 2.